The topological polar surface area (TPSA) is 38.0 Å². The summed E-state index contributed by atoms with van der Waals surface area (Å²) in [5.41, 5.74) is 5.98. The van der Waals surface area contributed by atoms with Crippen LogP contribution in [0.25, 0.3) is 0 Å². The molecule has 0 bridgehead atoms. The molecule has 0 aliphatic heterocycles. The van der Waals surface area contributed by atoms with E-state index >= 15 is 0 Å². The van der Waals surface area contributed by atoms with E-state index in [2.05, 4.69) is 33.0 Å². The lowest BCUT2D eigenvalue weighted by Gasteiger charge is -2.18. The maximum absolute atomic E-state index is 5.98. The summed E-state index contributed by atoms with van der Waals surface area (Å²) < 4.78 is 0. The van der Waals surface area contributed by atoms with Crippen LogP contribution in [0.2, 0.25) is 0 Å². The van der Waals surface area contributed by atoms with Gasteiger partial charge in [-0.2, -0.15) is 0 Å². The lowest BCUT2D eigenvalue weighted by atomic mass is 10.0. The summed E-state index contributed by atoms with van der Waals surface area (Å²) in [5, 5.41) is 3.55. The number of hydrogen-bond acceptors (Lipinski definition) is 2. The molecule has 0 aliphatic carbocycles. The highest BCUT2D eigenvalue weighted by molar-refractivity contribution is 4.68. The Morgan fingerprint density at radius 3 is 2.27 bits per heavy atom. The third-order valence-electron chi connectivity index (χ3n) is 3.07. The molecule has 0 fully saturated rings. The molecule has 0 spiro atoms. The van der Waals surface area contributed by atoms with Gasteiger partial charge in [0, 0.05) is 12.1 Å². The minimum Gasteiger partial charge on any atom is -0.327 e. The van der Waals surface area contributed by atoms with E-state index in [1.807, 2.05) is 0 Å². The van der Waals surface area contributed by atoms with Gasteiger partial charge in [0.05, 0.1) is 0 Å². The summed E-state index contributed by atoms with van der Waals surface area (Å²) in [7, 11) is 0. The van der Waals surface area contributed by atoms with Crippen LogP contribution in [0.1, 0.15) is 59.8 Å². The summed E-state index contributed by atoms with van der Waals surface area (Å²) in [6.45, 7) is 9.97. The molecule has 3 N–H and O–H groups in total. The summed E-state index contributed by atoms with van der Waals surface area (Å²) in [5.74, 6) is 0.599. The highest BCUT2D eigenvalue weighted by Crippen LogP contribution is 2.04. The zero-order valence-electron chi connectivity index (χ0n) is 11.1. The van der Waals surface area contributed by atoms with Crippen LogP contribution in [0.5, 0.6) is 0 Å². The Morgan fingerprint density at radius 1 is 1.07 bits per heavy atom. The standard InChI is InChI=1S/C13H30N2/c1-5-6-7-8-12(4)15-10-9-13(14)11(2)3/h11-13,15H,5-10,14H2,1-4H3. The average Bonchev–Trinajstić information content (AvgIpc) is 2.18. The number of nitrogens with two attached hydrogens (primary N) is 1. The van der Waals surface area contributed by atoms with Crippen LogP contribution in [-0.4, -0.2) is 18.6 Å². The van der Waals surface area contributed by atoms with Gasteiger partial charge in [0.2, 0.25) is 0 Å². The molecule has 2 unspecified atom stereocenters. The van der Waals surface area contributed by atoms with Gasteiger partial charge in [-0.25, -0.2) is 0 Å². The maximum atomic E-state index is 5.98. The summed E-state index contributed by atoms with van der Waals surface area (Å²) in [4.78, 5) is 0. The van der Waals surface area contributed by atoms with Crippen molar-refractivity contribution in [2.75, 3.05) is 6.54 Å². The summed E-state index contributed by atoms with van der Waals surface area (Å²) in [6, 6.07) is 0.997. The second kappa shape index (κ2) is 9.17. The number of nitrogens with one attached hydrogen (secondary N) is 1. The van der Waals surface area contributed by atoms with Crippen LogP contribution < -0.4 is 11.1 Å². The third-order valence-corrected chi connectivity index (χ3v) is 3.07. The zero-order valence-corrected chi connectivity index (χ0v) is 11.1. The molecule has 0 radical (unpaired) electrons. The van der Waals surface area contributed by atoms with Crippen molar-refractivity contribution in [3.63, 3.8) is 0 Å². The van der Waals surface area contributed by atoms with E-state index in [4.69, 9.17) is 5.73 Å². The Hall–Kier alpha value is -0.0800. The van der Waals surface area contributed by atoms with Crippen LogP contribution in [0.4, 0.5) is 0 Å². The van der Waals surface area contributed by atoms with Gasteiger partial charge in [-0.15, -0.1) is 0 Å². The molecule has 0 aromatic rings. The van der Waals surface area contributed by atoms with Gasteiger partial charge < -0.3 is 11.1 Å². The zero-order chi connectivity index (χ0) is 11.7. The van der Waals surface area contributed by atoms with Crippen molar-refractivity contribution in [2.45, 2.75) is 71.9 Å². The van der Waals surface area contributed by atoms with Crippen molar-refractivity contribution < 1.29 is 0 Å². The molecular formula is C13H30N2. The molecule has 2 atom stereocenters. The first-order chi connectivity index (χ1) is 7.07. The molecule has 0 saturated carbocycles. The van der Waals surface area contributed by atoms with Crippen molar-refractivity contribution in [1.82, 2.24) is 5.32 Å². The summed E-state index contributed by atoms with van der Waals surface area (Å²) >= 11 is 0. The predicted octanol–water partition coefficient (Wildman–Crippen LogP) is 2.92. The fourth-order valence-corrected chi connectivity index (χ4v) is 1.63. The van der Waals surface area contributed by atoms with E-state index in [1.54, 1.807) is 0 Å². The van der Waals surface area contributed by atoms with Crippen LogP contribution in [0.15, 0.2) is 0 Å². The van der Waals surface area contributed by atoms with Crippen molar-refractivity contribution in [2.24, 2.45) is 11.7 Å². The Kier molecular flexibility index (Phi) is 9.12. The minimum atomic E-state index is 0.348. The van der Waals surface area contributed by atoms with Crippen molar-refractivity contribution in [3.05, 3.63) is 0 Å². The van der Waals surface area contributed by atoms with Crippen molar-refractivity contribution >= 4 is 0 Å². The van der Waals surface area contributed by atoms with Crippen LogP contribution in [0.3, 0.4) is 0 Å². The summed E-state index contributed by atoms with van der Waals surface area (Å²) in [6.07, 6.45) is 6.41. The second-order valence-electron chi connectivity index (χ2n) is 5.05. The second-order valence-corrected chi connectivity index (χ2v) is 5.05. The Morgan fingerprint density at radius 2 is 1.73 bits per heavy atom. The van der Waals surface area contributed by atoms with Gasteiger partial charge in [-0.05, 0) is 32.2 Å². The maximum Gasteiger partial charge on any atom is 0.00739 e. The smallest absolute Gasteiger partial charge is 0.00739 e. The van der Waals surface area contributed by atoms with Gasteiger partial charge in [0.1, 0.15) is 0 Å². The minimum absolute atomic E-state index is 0.348. The molecule has 0 amide bonds. The van der Waals surface area contributed by atoms with E-state index in [0.717, 1.165) is 13.0 Å². The van der Waals surface area contributed by atoms with Gasteiger partial charge in [-0.1, -0.05) is 40.0 Å². The van der Waals surface area contributed by atoms with Crippen molar-refractivity contribution in [3.8, 4) is 0 Å². The monoisotopic (exact) mass is 214 g/mol. The van der Waals surface area contributed by atoms with Crippen LogP contribution in [-0.2, 0) is 0 Å². The predicted molar refractivity (Wildman–Crippen MR) is 69.0 cm³/mol. The molecule has 0 aromatic heterocycles. The first kappa shape index (κ1) is 14.9. The van der Waals surface area contributed by atoms with E-state index in [-0.39, 0.29) is 0 Å². The highest BCUT2D eigenvalue weighted by Gasteiger charge is 2.07. The van der Waals surface area contributed by atoms with Gasteiger partial charge in [0.25, 0.3) is 0 Å². The molecular weight excluding hydrogens is 184 g/mol. The normalized spacial score (nSPS) is 15.6. The fraction of sp³-hybridized carbons (Fsp3) is 1.00. The first-order valence-corrected chi connectivity index (χ1v) is 6.56. The van der Waals surface area contributed by atoms with E-state index in [9.17, 15) is 0 Å². The van der Waals surface area contributed by atoms with Gasteiger partial charge in [0.15, 0.2) is 0 Å². The van der Waals surface area contributed by atoms with E-state index in [0.29, 0.717) is 18.0 Å². The van der Waals surface area contributed by atoms with Crippen LogP contribution >= 0.6 is 0 Å². The molecule has 2 heteroatoms. The highest BCUT2D eigenvalue weighted by atomic mass is 14.9. The third kappa shape index (κ3) is 8.88. The first-order valence-electron chi connectivity index (χ1n) is 6.56. The van der Waals surface area contributed by atoms with Crippen molar-refractivity contribution in [1.29, 1.82) is 0 Å². The SMILES string of the molecule is CCCCCC(C)NCCC(N)C(C)C. The molecule has 0 heterocycles. The molecule has 2 nitrogen and oxygen atoms in total. The Bertz CT molecular complexity index is 134. The number of hydrogen-bond donors (Lipinski definition) is 2. The molecule has 0 rings (SSSR count). The molecule has 15 heavy (non-hydrogen) atoms. The van der Waals surface area contributed by atoms with E-state index in [1.165, 1.54) is 25.7 Å². The molecule has 0 saturated heterocycles. The Balaban J connectivity index is 3.34. The van der Waals surface area contributed by atoms with Crippen LogP contribution in [0, 0.1) is 5.92 Å². The Labute approximate surface area is 96.0 Å². The molecule has 92 valence electrons. The molecule has 0 aliphatic rings. The quantitative estimate of drug-likeness (QED) is 0.579. The number of rotatable bonds is 9. The number of unbranched alkanes of at least 4 members (excludes halogenated alkanes) is 2. The fourth-order valence-electron chi connectivity index (χ4n) is 1.63. The molecule has 0 aromatic carbocycles. The van der Waals surface area contributed by atoms with Gasteiger partial charge >= 0.3 is 0 Å². The lowest BCUT2D eigenvalue weighted by molar-refractivity contribution is 0.420. The van der Waals surface area contributed by atoms with E-state index < -0.39 is 0 Å². The lowest BCUT2D eigenvalue weighted by Crippen LogP contribution is -2.34. The average molecular weight is 214 g/mol. The van der Waals surface area contributed by atoms with Gasteiger partial charge in [-0.3, -0.25) is 0 Å². The largest absolute Gasteiger partial charge is 0.327 e.